The summed E-state index contributed by atoms with van der Waals surface area (Å²) in [6.45, 7) is 1.84. The van der Waals surface area contributed by atoms with Crippen molar-refractivity contribution >= 4 is 20.9 Å². The highest BCUT2D eigenvalue weighted by Gasteiger charge is 2.26. The number of fused-ring (bicyclic) bond motifs is 1. The van der Waals surface area contributed by atoms with Crippen molar-refractivity contribution in [1.29, 1.82) is 0 Å². The number of nitrogens with one attached hydrogen (secondary N) is 1. The van der Waals surface area contributed by atoms with Gasteiger partial charge in [-0.2, -0.15) is 4.31 Å². The van der Waals surface area contributed by atoms with Gasteiger partial charge in [-0.25, -0.2) is 13.2 Å². The summed E-state index contributed by atoms with van der Waals surface area (Å²) in [5.41, 5.74) is 0.265. The lowest BCUT2D eigenvalue weighted by molar-refractivity contribution is 0.387. The predicted octanol–water partition coefficient (Wildman–Crippen LogP) is 1.48. The highest BCUT2D eigenvalue weighted by molar-refractivity contribution is 7.89. The van der Waals surface area contributed by atoms with Crippen molar-refractivity contribution in [2.75, 3.05) is 7.05 Å². The van der Waals surface area contributed by atoms with Crippen LogP contribution in [0.4, 0.5) is 0 Å². The van der Waals surface area contributed by atoms with Crippen LogP contribution in [-0.4, -0.2) is 35.4 Å². The quantitative estimate of drug-likeness (QED) is 0.718. The zero-order valence-corrected chi connectivity index (χ0v) is 16.2. The fourth-order valence-electron chi connectivity index (χ4n) is 2.93. The van der Waals surface area contributed by atoms with Crippen molar-refractivity contribution in [3.05, 3.63) is 74.9 Å². The summed E-state index contributed by atoms with van der Waals surface area (Å²) in [6.07, 6.45) is 0.569. The van der Waals surface area contributed by atoms with E-state index in [2.05, 4.69) is 4.98 Å². The number of benzene rings is 2. The maximum absolute atomic E-state index is 13.0. The lowest BCUT2D eigenvalue weighted by Crippen LogP contribution is -2.36. The van der Waals surface area contributed by atoms with E-state index >= 15 is 0 Å². The molecular weight excluding hydrogens is 366 g/mol. The number of hydrogen-bond donors (Lipinski definition) is 1. The number of nitrogens with zero attached hydrogens (tertiary/aromatic N) is 2. The molecule has 0 spiro atoms. The molecule has 142 valence electrons. The van der Waals surface area contributed by atoms with Crippen LogP contribution < -0.4 is 11.2 Å². The molecule has 27 heavy (non-hydrogen) atoms. The molecule has 0 aliphatic carbocycles. The third kappa shape index (κ3) is 3.58. The summed E-state index contributed by atoms with van der Waals surface area (Å²) < 4.78 is 28.3. The van der Waals surface area contributed by atoms with Crippen LogP contribution in [0.5, 0.6) is 0 Å². The molecule has 0 saturated heterocycles. The van der Waals surface area contributed by atoms with E-state index in [1.54, 1.807) is 0 Å². The zero-order chi connectivity index (χ0) is 19.8. The maximum Gasteiger partial charge on any atom is 0.328 e. The van der Waals surface area contributed by atoms with E-state index < -0.39 is 21.3 Å². The van der Waals surface area contributed by atoms with Gasteiger partial charge in [0.1, 0.15) is 0 Å². The summed E-state index contributed by atoms with van der Waals surface area (Å²) in [6, 6.07) is 13.5. The molecule has 1 heterocycles. The average molecular weight is 387 g/mol. The molecule has 0 amide bonds. The Morgan fingerprint density at radius 3 is 2.44 bits per heavy atom. The second kappa shape index (κ2) is 7.13. The topological polar surface area (TPSA) is 92.2 Å². The van der Waals surface area contributed by atoms with Gasteiger partial charge in [0.05, 0.1) is 15.8 Å². The largest absolute Gasteiger partial charge is 0.328 e. The van der Waals surface area contributed by atoms with Crippen molar-refractivity contribution in [2.45, 2.75) is 24.3 Å². The minimum atomic E-state index is -3.80. The van der Waals surface area contributed by atoms with Crippen molar-refractivity contribution in [3.8, 4) is 0 Å². The fraction of sp³-hybridized carbons (Fsp3) is 0.263. The summed E-state index contributed by atoms with van der Waals surface area (Å²) >= 11 is 0. The van der Waals surface area contributed by atoms with Gasteiger partial charge in [-0.15, -0.1) is 0 Å². The Morgan fingerprint density at radius 1 is 1.11 bits per heavy atom. The van der Waals surface area contributed by atoms with E-state index in [-0.39, 0.29) is 16.3 Å². The van der Waals surface area contributed by atoms with Crippen LogP contribution in [0.1, 0.15) is 12.5 Å². The number of rotatable bonds is 5. The van der Waals surface area contributed by atoms with E-state index in [1.807, 2.05) is 37.3 Å². The Hall–Kier alpha value is -2.71. The molecule has 3 aromatic rings. The summed E-state index contributed by atoms with van der Waals surface area (Å²) in [7, 11) is -0.927. The van der Waals surface area contributed by atoms with E-state index in [4.69, 9.17) is 0 Å². The SMILES string of the molecule is CC(Cc1ccccc1)N(C)S(=O)(=O)c1ccc2[nH]c(=O)n(C)c(=O)c2c1. The van der Waals surface area contributed by atoms with Crippen LogP contribution in [0.3, 0.4) is 0 Å². The highest BCUT2D eigenvalue weighted by atomic mass is 32.2. The molecule has 1 N–H and O–H groups in total. The summed E-state index contributed by atoms with van der Waals surface area (Å²) in [4.78, 5) is 26.6. The number of sulfonamides is 1. The molecule has 1 atom stereocenters. The lowest BCUT2D eigenvalue weighted by Gasteiger charge is -2.24. The van der Waals surface area contributed by atoms with Crippen molar-refractivity contribution in [2.24, 2.45) is 7.05 Å². The van der Waals surface area contributed by atoms with E-state index in [0.29, 0.717) is 11.9 Å². The van der Waals surface area contributed by atoms with Gasteiger partial charge in [0.25, 0.3) is 5.56 Å². The molecule has 1 aromatic heterocycles. The molecule has 0 aliphatic heterocycles. The average Bonchev–Trinajstić information content (AvgIpc) is 2.66. The Bertz CT molecular complexity index is 1200. The first-order valence-corrected chi connectivity index (χ1v) is 9.91. The normalized spacial score (nSPS) is 13.2. The number of aromatic amines is 1. The molecule has 8 heteroatoms. The molecule has 0 aliphatic rings. The molecule has 0 bridgehead atoms. The Morgan fingerprint density at radius 2 is 1.78 bits per heavy atom. The van der Waals surface area contributed by atoms with Gasteiger partial charge < -0.3 is 4.98 Å². The second-order valence-electron chi connectivity index (χ2n) is 6.56. The number of H-pyrrole nitrogens is 1. The number of likely N-dealkylation sites (N-methyl/N-ethyl adjacent to an activating group) is 1. The van der Waals surface area contributed by atoms with Gasteiger partial charge in [0.2, 0.25) is 10.0 Å². The molecule has 0 saturated carbocycles. The van der Waals surface area contributed by atoms with Crippen LogP contribution in [0.25, 0.3) is 10.9 Å². The van der Waals surface area contributed by atoms with Gasteiger partial charge in [-0.05, 0) is 37.1 Å². The maximum atomic E-state index is 13.0. The van der Waals surface area contributed by atoms with Crippen LogP contribution in [-0.2, 0) is 23.5 Å². The van der Waals surface area contributed by atoms with Gasteiger partial charge in [-0.1, -0.05) is 30.3 Å². The molecule has 0 radical (unpaired) electrons. The smallest absolute Gasteiger partial charge is 0.307 e. The summed E-state index contributed by atoms with van der Waals surface area (Å²) in [5, 5.41) is 0.155. The van der Waals surface area contributed by atoms with Crippen LogP contribution in [0.15, 0.2) is 63.0 Å². The van der Waals surface area contributed by atoms with Gasteiger partial charge in [-0.3, -0.25) is 9.36 Å². The van der Waals surface area contributed by atoms with E-state index in [1.165, 1.54) is 36.6 Å². The van der Waals surface area contributed by atoms with Crippen LogP contribution in [0.2, 0.25) is 0 Å². The monoisotopic (exact) mass is 387 g/mol. The van der Waals surface area contributed by atoms with Crippen molar-refractivity contribution in [3.63, 3.8) is 0 Å². The highest BCUT2D eigenvalue weighted by Crippen LogP contribution is 2.21. The third-order valence-electron chi connectivity index (χ3n) is 4.74. The molecular formula is C19H21N3O4S. The molecule has 0 fully saturated rings. The van der Waals surface area contributed by atoms with Gasteiger partial charge >= 0.3 is 5.69 Å². The minimum absolute atomic E-state index is 0.0153. The Balaban J connectivity index is 1.98. The van der Waals surface area contributed by atoms with Crippen LogP contribution >= 0.6 is 0 Å². The number of hydrogen-bond acceptors (Lipinski definition) is 4. The van der Waals surface area contributed by atoms with E-state index in [0.717, 1.165) is 10.1 Å². The zero-order valence-electron chi connectivity index (χ0n) is 15.3. The van der Waals surface area contributed by atoms with Crippen molar-refractivity contribution in [1.82, 2.24) is 13.9 Å². The van der Waals surface area contributed by atoms with Crippen molar-refractivity contribution < 1.29 is 8.42 Å². The first-order chi connectivity index (χ1) is 12.7. The van der Waals surface area contributed by atoms with Gasteiger partial charge in [0, 0.05) is 20.1 Å². The van der Waals surface area contributed by atoms with Gasteiger partial charge in [0.15, 0.2) is 0 Å². The Kier molecular flexibility index (Phi) is 5.03. The first kappa shape index (κ1) is 19.1. The van der Waals surface area contributed by atoms with E-state index in [9.17, 15) is 18.0 Å². The number of aromatic nitrogens is 2. The first-order valence-electron chi connectivity index (χ1n) is 8.47. The molecule has 1 unspecified atom stereocenters. The standard InChI is InChI=1S/C19H21N3O4S/c1-13(11-14-7-5-4-6-8-14)22(3)27(25,26)15-9-10-17-16(12-15)18(23)21(2)19(24)20-17/h4-10,12-13H,11H2,1-3H3,(H,20,24). The molecule has 7 nitrogen and oxygen atoms in total. The van der Waals surface area contributed by atoms with Crippen LogP contribution in [0, 0.1) is 0 Å². The minimum Gasteiger partial charge on any atom is -0.307 e. The third-order valence-corrected chi connectivity index (χ3v) is 6.71. The second-order valence-corrected chi connectivity index (χ2v) is 8.56. The predicted molar refractivity (Wildman–Crippen MR) is 104 cm³/mol. The fourth-order valence-corrected chi connectivity index (χ4v) is 4.32. The molecule has 2 aromatic carbocycles. The molecule has 3 rings (SSSR count). The lowest BCUT2D eigenvalue weighted by atomic mass is 10.1. The Labute approximate surface area is 156 Å². The summed E-state index contributed by atoms with van der Waals surface area (Å²) in [5.74, 6) is 0.